The van der Waals surface area contributed by atoms with Crippen LogP contribution >= 0.6 is 0 Å². The van der Waals surface area contributed by atoms with Gasteiger partial charge in [-0.1, -0.05) is 27.7 Å². The summed E-state index contributed by atoms with van der Waals surface area (Å²) < 4.78 is 10.8. The zero-order chi connectivity index (χ0) is 15.3. The summed E-state index contributed by atoms with van der Waals surface area (Å²) in [7, 11) is 0.272. The van der Waals surface area contributed by atoms with Gasteiger partial charge in [0.25, 0.3) is 0 Å². The number of hydrogen-bond donors (Lipinski definition) is 1. The lowest BCUT2D eigenvalue weighted by Crippen LogP contribution is -2.24. The molecule has 0 heterocycles. The molecule has 4 nitrogen and oxygen atoms in total. The van der Waals surface area contributed by atoms with Crippen molar-refractivity contribution in [2.24, 2.45) is 5.92 Å². The first kappa shape index (κ1) is 16.6. The largest absolute Gasteiger partial charge is 0.539 e. The molecule has 110 valence electrons. The zero-order valence-electron chi connectivity index (χ0n) is 12.8. The fraction of sp³-hybridized carbons (Fsp3) is 0.533. The molecule has 0 unspecified atom stereocenters. The van der Waals surface area contributed by atoms with Crippen LogP contribution in [0, 0.1) is 5.92 Å². The number of ether oxygens (including phenoxy) is 1. The minimum atomic E-state index is -0.358. The fourth-order valence-corrected chi connectivity index (χ4v) is 2.05. The number of hydrogen-bond acceptors (Lipinski definition) is 4. The Morgan fingerprint density at radius 2 is 2.05 bits per heavy atom. The van der Waals surface area contributed by atoms with Crippen LogP contribution in [0.3, 0.4) is 0 Å². The Balaban J connectivity index is 2.85. The molecule has 0 fully saturated rings. The minimum absolute atomic E-state index is 0.0619. The Kier molecular flexibility index (Phi) is 5.62. The first-order valence-corrected chi connectivity index (χ1v) is 7.69. The van der Waals surface area contributed by atoms with Crippen molar-refractivity contribution < 1.29 is 14.0 Å². The Bertz CT molecular complexity index is 472. The highest BCUT2D eigenvalue weighted by atomic mass is 28.2. The first-order chi connectivity index (χ1) is 9.27. The quantitative estimate of drug-likeness (QED) is 0.496. The molecule has 0 amide bonds. The van der Waals surface area contributed by atoms with Gasteiger partial charge in [-0.3, -0.25) is 0 Å². The van der Waals surface area contributed by atoms with Gasteiger partial charge in [0.05, 0.1) is 17.9 Å². The van der Waals surface area contributed by atoms with Gasteiger partial charge in [0.15, 0.2) is 0 Å². The average Bonchev–Trinajstić information content (AvgIpc) is 2.37. The molecule has 0 aliphatic heterocycles. The van der Waals surface area contributed by atoms with E-state index in [1.807, 2.05) is 0 Å². The van der Waals surface area contributed by atoms with Gasteiger partial charge in [0.1, 0.15) is 5.75 Å². The van der Waals surface area contributed by atoms with E-state index in [-0.39, 0.29) is 20.8 Å². The molecule has 1 rings (SSSR count). The van der Waals surface area contributed by atoms with Gasteiger partial charge >= 0.3 is 15.7 Å². The summed E-state index contributed by atoms with van der Waals surface area (Å²) in [5, 5.41) is 0.0619. The molecule has 0 aliphatic rings. The van der Waals surface area contributed by atoms with Crippen molar-refractivity contribution in [2.45, 2.75) is 39.7 Å². The van der Waals surface area contributed by atoms with Gasteiger partial charge in [-0.05, 0) is 36.1 Å². The Labute approximate surface area is 123 Å². The molecule has 2 radical (unpaired) electrons. The third-order valence-corrected chi connectivity index (χ3v) is 4.82. The maximum atomic E-state index is 11.7. The van der Waals surface area contributed by atoms with Gasteiger partial charge in [-0.15, -0.1) is 0 Å². The van der Waals surface area contributed by atoms with E-state index in [1.165, 1.54) is 0 Å². The van der Waals surface area contributed by atoms with Gasteiger partial charge < -0.3 is 14.9 Å². The summed E-state index contributed by atoms with van der Waals surface area (Å²) in [4.78, 5) is 11.7. The lowest BCUT2D eigenvalue weighted by atomic mass is 9.99. The van der Waals surface area contributed by atoms with Crippen LogP contribution in [0.2, 0.25) is 5.04 Å². The molecular weight excluding hydrogens is 270 g/mol. The van der Waals surface area contributed by atoms with E-state index in [4.69, 9.17) is 14.9 Å². The van der Waals surface area contributed by atoms with E-state index >= 15 is 0 Å². The number of esters is 1. The van der Waals surface area contributed by atoms with E-state index in [2.05, 4.69) is 27.7 Å². The third kappa shape index (κ3) is 4.26. The number of rotatable bonds is 6. The van der Waals surface area contributed by atoms with Crippen LogP contribution in [0.1, 0.15) is 45.0 Å². The van der Waals surface area contributed by atoms with Crippen molar-refractivity contribution in [3.8, 4) is 5.75 Å². The van der Waals surface area contributed by atoms with E-state index in [1.54, 1.807) is 25.1 Å². The summed E-state index contributed by atoms with van der Waals surface area (Å²) in [5.41, 5.74) is 6.89. The van der Waals surface area contributed by atoms with Gasteiger partial charge in [-0.2, -0.15) is 0 Å². The van der Waals surface area contributed by atoms with Crippen LogP contribution in [0.5, 0.6) is 5.75 Å². The number of carbonyl (C=O) groups excluding carboxylic acids is 1. The highest BCUT2D eigenvalue weighted by Gasteiger charge is 2.26. The van der Waals surface area contributed by atoms with E-state index < -0.39 is 0 Å². The normalized spacial score (nSPS) is 11.5. The van der Waals surface area contributed by atoms with E-state index in [0.29, 0.717) is 29.5 Å². The summed E-state index contributed by atoms with van der Waals surface area (Å²) in [6.07, 6.45) is 0. The Morgan fingerprint density at radius 1 is 1.40 bits per heavy atom. The van der Waals surface area contributed by atoms with Crippen LogP contribution in [0.15, 0.2) is 18.2 Å². The molecule has 1 aromatic carbocycles. The van der Waals surface area contributed by atoms with Crippen molar-refractivity contribution in [1.82, 2.24) is 0 Å². The number of nitrogen functional groups attached to an aromatic ring is 1. The molecule has 20 heavy (non-hydrogen) atoms. The number of carbonyl (C=O) groups is 1. The van der Waals surface area contributed by atoms with E-state index in [9.17, 15) is 4.79 Å². The summed E-state index contributed by atoms with van der Waals surface area (Å²) in [6.45, 7) is 10.8. The van der Waals surface area contributed by atoms with Crippen LogP contribution in [0.4, 0.5) is 5.69 Å². The third-order valence-electron chi connectivity index (χ3n) is 3.39. The molecule has 5 heteroatoms. The predicted octanol–water partition coefficient (Wildman–Crippen LogP) is 3.30. The molecule has 1 aromatic rings. The lowest BCUT2D eigenvalue weighted by molar-refractivity contribution is 0.0526. The molecule has 0 atom stereocenters. The number of nitrogens with two attached hydrogens (primary N) is 1. The number of benzene rings is 1. The van der Waals surface area contributed by atoms with Gasteiger partial charge in [0, 0.05) is 0 Å². The zero-order valence-corrected chi connectivity index (χ0v) is 13.8. The van der Waals surface area contributed by atoms with Gasteiger partial charge in [-0.25, -0.2) is 4.79 Å². The maximum absolute atomic E-state index is 11.7. The Hall–Kier alpha value is -1.49. The van der Waals surface area contributed by atoms with Crippen molar-refractivity contribution >= 4 is 21.4 Å². The van der Waals surface area contributed by atoms with E-state index in [0.717, 1.165) is 0 Å². The van der Waals surface area contributed by atoms with Crippen LogP contribution < -0.4 is 10.2 Å². The molecule has 0 aliphatic carbocycles. The molecule has 2 N–H and O–H groups in total. The molecule has 0 saturated heterocycles. The van der Waals surface area contributed by atoms with Crippen LogP contribution in [-0.2, 0) is 4.74 Å². The Morgan fingerprint density at radius 3 is 2.60 bits per heavy atom. The fourth-order valence-electron chi connectivity index (χ4n) is 1.27. The smallest absolute Gasteiger partial charge is 0.338 e. The van der Waals surface area contributed by atoms with Crippen LogP contribution in [0.25, 0.3) is 0 Å². The average molecular weight is 293 g/mol. The molecule has 0 saturated carbocycles. The molecule has 0 spiro atoms. The highest BCUT2D eigenvalue weighted by molar-refractivity contribution is 6.33. The molecule has 0 bridgehead atoms. The lowest BCUT2D eigenvalue weighted by Gasteiger charge is -2.27. The molecular formula is C15H23NO3Si. The van der Waals surface area contributed by atoms with Gasteiger partial charge in [0.2, 0.25) is 0 Å². The van der Waals surface area contributed by atoms with Crippen molar-refractivity contribution in [2.75, 3.05) is 12.3 Å². The van der Waals surface area contributed by atoms with Crippen LogP contribution in [-0.4, -0.2) is 22.3 Å². The van der Waals surface area contributed by atoms with Crippen molar-refractivity contribution in [1.29, 1.82) is 0 Å². The standard InChI is InChI=1S/C15H23NO3Si/c1-6-18-14(17)11-7-8-12(16)13(9-11)19-20-15(4,5)10(2)3/h7-10H,6,16H2,1-5H3. The topological polar surface area (TPSA) is 61.5 Å². The SMILES string of the molecule is CCOC(=O)c1ccc(N)c(O[Si]C(C)(C)C(C)C)c1. The predicted molar refractivity (Wildman–Crippen MR) is 82.1 cm³/mol. The van der Waals surface area contributed by atoms with Crippen molar-refractivity contribution in [3.05, 3.63) is 23.8 Å². The van der Waals surface area contributed by atoms with Crippen molar-refractivity contribution in [3.63, 3.8) is 0 Å². The second-order valence-electron chi connectivity index (χ2n) is 5.55. The maximum Gasteiger partial charge on any atom is 0.338 e. The summed E-state index contributed by atoms with van der Waals surface area (Å²) >= 11 is 0. The summed E-state index contributed by atoms with van der Waals surface area (Å²) in [6, 6.07) is 4.97. The minimum Gasteiger partial charge on any atom is -0.539 e. The monoisotopic (exact) mass is 293 g/mol. The highest BCUT2D eigenvalue weighted by Crippen LogP contribution is 2.34. The number of anilines is 1. The first-order valence-electron chi connectivity index (χ1n) is 6.78. The summed E-state index contributed by atoms with van der Waals surface area (Å²) in [5.74, 6) is 0.682. The second kappa shape index (κ2) is 6.79. The molecule has 0 aromatic heterocycles. The second-order valence-corrected chi connectivity index (χ2v) is 7.25.